The molecule has 1 amide bonds. The zero-order valence-corrected chi connectivity index (χ0v) is 27.4. The molecule has 4 aliphatic rings. The summed E-state index contributed by atoms with van der Waals surface area (Å²) in [5, 5.41) is 0. The number of methoxy groups -OCH3 is 1. The largest absolute Gasteiger partial charge is 0.466 e. The van der Waals surface area contributed by atoms with Crippen LogP contribution in [0.2, 0.25) is 0 Å². The summed E-state index contributed by atoms with van der Waals surface area (Å²) in [4.78, 5) is 39.3. The fourth-order valence-corrected chi connectivity index (χ4v) is 6.67. The summed E-state index contributed by atoms with van der Waals surface area (Å²) in [5.41, 5.74) is 0.928. The van der Waals surface area contributed by atoms with Gasteiger partial charge in [-0.1, -0.05) is 49.8 Å². The lowest BCUT2D eigenvalue weighted by atomic mass is 9.89. The number of cyclic esters (lactones) is 1. The number of esters is 2. The second-order valence-corrected chi connectivity index (χ2v) is 13.0. The van der Waals surface area contributed by atoms with E-state index in [4.69, 9.17) is 23.7 Å². The van der Waals surface area contributed by atoms with Crippen molar-refractivity contribution in [3.8, 4) is 0 Å². The number of hydrogen-bond donors (Lipinski definition) is 0. The number of likely N-dealkylation sites (tertiary alicyclic amines) is 1. The van der Waals surface area contributed by atoms with Crippen molar-refractivity contribution in [2.75, 3.05) is 26.8 Å². The third kappa shape index (κ3) is 12.1. The summed E-state index contributed by atoms with van der Waals surface area (Å²) in [7, 11) is 1.37. The number of fused-ring (bicyclic) bond motifs is 4. The standard InChI is InChI=1S/C36H53NO8/c1-26-15-16-27(2)33(14-7-4-5-10-19-42-36(40)37-17-8-6-9-18-37)45-35(39)25-32-22-28(23-34(38)41-3)21-31(44-32)24-30-13-11-12-29(20-26)43-30/h4-5,7,14-16,23,26-27,29-33H,6,8-13,17-22,24-25H2,1-3H3/b5-4-,14-7+,16-15+,28-23-. The minimum absolute atomic E-state index is 0.0470. The molecule has 7 unspecified atom stereocenters. The van der Waals surface area contributed by atoms with Crippen LogP contribution in [0.3, 0.4) is 0 Å². The van der Waals surface area contributed by atoms with E-state index in [1.807, 2.05) is 24.3 Å². The van der Waals surface area contributed by atoms with Gasteiger partial charge in [-0.05, 0) is 76.2 Å². The smallest absolute Gasteiger partial charge is 0.409 e. The average Bonchev–Trinajstić information content (AvgIpc) is 3.02. The molecule has 0 radical (unpaired) electrons. The van der Waals surface area contributed by atoms with Crippen LogP contribution in [0.25, 0.3) is 0 Å². The number of ether oxygens (including phenoxy) is 5. The van der Waals surface area contributed by atoms with Crippen LogP contribution in [-0.2, 0) is 33.3 Å². The fourth-order valence-electron chi connectivity index (χ4n) is 6.67. The first-order valence-corrected chi connectivity index (χ1v) is 17.0. The maximum absolute atomic E-state index is 13.3. The Kier molecular flexibility index (Phi) is 14.2. The highest BCUT2D eigenvalue weighted by molar-refractivity contribution is 5.82. The molecule has 9 nitrogen and oxygen atoms in total. The molecular weight excluding hydrogens is 574 g/mol. The van der Waals surface area contributed by atoms with Crippen LogP contribution >= 0.6 is 0 Å². The van der Waals surface area contributed by atoms with Crippen molar-refractivity contribution in [2.24, 2.45) is 11.8 Å². The van der Waals surface area contributed by atoms with Crippen LogP contribution < -0.4 is 0 Å². The average molecular weight is 628 g/mol. The Labute approximate surface area is 269 Å². The lowest BCUT2D eigenvalue weighted by molar-refractivity contribution is -0.154. The van der Waals surface area contributed by atoms with Crippen LogP contribution in [-0.4, -0.2) is 80.3 Å². The summed E-state index contributed by atoms with van der Waals surface area (Å²) in [6.45, 7) is 6.13. The maximum Gasteiger partial charge on any atom is 0.409 e. The van der Waals surface area contributed by atoms with Crippen molar-refractivity contribution in [1.29, 1.82) is 0 Å². The molecule has 0 aromatic carbocycles. The first kappa shape index (κ1) is 35.0. The first-order valence-electron chi connectivity index (χ1n) is 17.0. The van der Waals surface area contributed by atoms with Gasteiger partial charge < -0.3 is 28.6 Å². The van der Waals surface area contributed by atoms with Crippen LogP contribution in [0, 0.1) is 11.8 Å². The first-order chi connectivity index (χ1) is 21.8. The number of piperidine rings is 1. The molecule has 250 valence electrons. The van der Waals surface area contributed by atoms with Gasteiger partial charge in [0.15, 0.2) is 0 Å². The van der Waals surface area contributed by atoms with Gasteiger partial charge in [-0.2, -0.15) is 0 Å². The summed E-state index contributed by atoms with van der Waals surface area (Å²) in [5.74, 6) is -0.456. The van der Waals surface area contributed by atoms with Gasteiger partial charge in [0.05, 0.1) is 44.6 Å². The molecular formula is C36H53NO8. The van der Waals surface area contributed by atoms with Gasteiger partial charge in [0.2, 0.25) is 0 Å². The molecule has 0 spiro atoms. The molecule has 4 aliphatic heterocycles. The minimum Gasteiger partial charge on any atom is -0.466 e. The Bertz CT molecular complexity index is 1090. The molecule has 4 heterocycles. The Morgan fingerprint density at radius 2 is 1.64 bits per heavy atom. The summed E-state index contributed by atoms with van der Waals surface area (Å²) in [6, 6.07) is 0. The van der Waals surface area contributed by atoms with Crippen LogP contribution in [0.4, 0.5) is 4.79 Å². The van der Waals surface area contributed by atoms with Gasteiger partial charge in [0.25, 0.3) is 0 Å². The maximum atomic E-state index is 13.3. The molecule has 0 aromatic heterocycles. The van der Waals surface area contributed by atoms with Gasteiger partial charge in [-0.15, -0.1) is 0 Å². The molecule has 4 bridgehead atoms. The van der Waals surface area contributed by atoms with Crippen molar-refractivity contribution in [3.63, 3.8) is 0 Å². The monoisotopic (exact) mass is 627 g/mol. The van der Waals surface area contributed by atoms with Crippen molar-refractivity contribution in [2.45, 2.75) is 121 Å². The third-order valence-corrected chi connectivity index (χ3v) is 9.08. The van der Waals surface area contributed by atoms with Crippen molar-refractivity contribution in [3.05, 3.63) is 48.1 Å². The molecule has 9 heteroatoms. The zero-order chi connectivity index (χ0) is 32.0. The minimum atomic E-state index is -0.463. The van der Waals surface area contributed by atoms with E-state index in [9.17, 15) is 14.4 Å². The number of carbonyl (C=O) groups is 3. The molecule has 3 fully saturated rings. The van der Waals surface area contributed by atoms with Gasteiger partial charge >= 0.3 is 18.0 Å². The van der Waals surface area contributed by atoms with E-state index in [0.717, 1.165) is 63.6 Å². The van der Waals surface area contributed by atoms with E-state index in [1.165, 1.54) is 19.6 Å². The quantitative estimate of drug-likeness (QED) is 0.0809. The van der Waals surface area contributed by atoms with Crippen LogP contribution in [0.5, 0.6) is 0 Å². The Morgan fingerprint density at radius 1 is 0.911 bits per heavy atom. The molecule has 0 aromatic rings. The lowest BCUT2D eigenvalue weighted by Crippen LogP contribution is -2.37. The Balaban J connectivity index is 1.40. The van der Waals surface area contributed by atoms with E-state index in [0.29, 0.717) is 31.8 Å². The number of allylic oxidation sites excluding steroid dienone is 3. The summed E-state index contributed by atoms with van der Waals surface area (Å²) >= 11 is 0. The van der Waals surface area contributed by atoms with Crippen molar-refractivity contribution in [1.82, 2.24) is 4.90 Å². The molecule has 0 aliphatic carbocycles. The zero-order valence-electron chi connectivity index (χ0n) is 27.4. The lowest BCUT2D eigenvalue weighted by Gasteiger charge is -2.37. The van der Waals surface area contributed by atoms with Gasteiger partial charge in [-0.25, -0.2) is 9.59 Å². The number of nitrogens with zero attached hydrogens (tertiary/aromatic N) is 1. The SMILES string of the molecule is COC(=O)/C=C1\CC2CC(=O)OC(/C=C/C=C\CCOC(=O)N3CCCCC3)C(C)/C=C/C(C)CC3CCCC(CC(C1)O2)O3. The van der Waals surface area contributed by atoms with Crippen LogP contribution in [0.1, 0.15) is 90.9 Å². The van der Waals surface area contributed by atoms with E-state index < -0.39 is 12.1 Å². The Hall–Kier alpha value is -2.91. The molecule has 4 rings (SSSR count). The van der Waals surface area contributed by atoms with Crippen LogP contribution in [0.15, 0.2) is 48.1 Å². The number of amides is 1. The normalized spacial score (nSPS) is 33.6. The third-order valence-electron chi connectivity index (χ3n) is 9.08. The van der Waals surface area contributed by atoms with E-state index in [-0.39, 0.29) is 48.8 Å². The predicted molar refractivity (Wildman–Crippen MR) is 171 cm³/mol. The topological polar surface area (TPSA) is 101 Å². The fraction of sp³-hybridized carbons (Fsp3) is 0.694. The number of carbonyl (C=O) groups excluding carboxylic acids is 3. The van der Waals surface area contributed by atoms with Gasteiger partial charge in [0, 0.05) is 31.5 Å². The molecule has 3 saturated heterocycles. The van der Waals surface area contributed by atoms with E-state index in [1.54, 1.807) is 4.90 Å². The molecule has 45 heavy (non-hydrogen) atoms. The predicted octanol–water partition coefficient (Wildman–Crippen LogP) is 6.62. The van der Waals surface area contributed by atoms with Gasteiger partial charge in [-0.3, -0.25) is 4.79 Å². The number of hydrogen-bond acceptors (Lipinski definition) is 8. The second kappa shape index (κ2) is 18.3. The van der Waals surface area contributed by atoms with Crippen molar-refractivity contribution < 1.29 is 38.1 Å². The van der Waals surface area contributed by atoms with Gasteiger partial charge in [0.1, 0.15) is 6.10 Å². The van der Waals surface area contributed by atoms with Crippen molar-refractivity contribution >= 4 is 18.0 Å². The molecule has 0 N–H and O–H groups in total. The molecule has 0 saturated carbocycles. The highest BCUT2D eigenvalue weighted by Gasteiger charge is 2.33. The molecule has 7 atom stereocenters. The van der Waals surface area contributed by atoms with E-state index >= 15 is 0 Å². The number of rotatable bonds is 6. The Morgan fingerprint density at radius 3 is 2.42 bits per heavy atom. The summed E-state index contributed by atoms with van der Waals surface area (Å²) < 4.78 is 29.3. The second-order valence-electron chi connectivity index (χ2n) is 13.0. The highest BCUT2D eigenvalue weighted by atomic mass is 16.6. The van der Waals surface area contributed by atoms with E-state index in [2.05, 4.69) is 26.0 Å². The highest BCUT2D eigenvalue weighted by Crippen LogP contribution is 2.33. The summed E-state index contributed by atoms with van der Waals surface area (Å²) in [6.07, 6.45) is 22.5.